The van der Waals surface area contributed by atoms with Gasteiger partial charge in [-0.1, -0.05) is 71.1 Å². The Morgan fingerprint density at radius 2 is 1.50 bits per heavy atom. The first-order valence-electron chi connectivity index (χ1n) is 9.58. The Hall–Kier alpha value is -0.0800. The van der Waals surface area contributed by atoms with Crippen LogP contribution in [-0.2, 0) is 0 Å². The van der Waals surface area contributed by atoms with Crippen LogP contribution >= 0.6 is 0 Å². The Balaban J connectivity index is 4.10. The van der Waals surface area contributed by atoms with Gasteiger partial charge >= 0.3 is 0 Å². The van der Waals surface area contributed by atoms with E-state index >= 15 is 0 Å². The summed E-state index contributed by atoms with van der Waals surface area (Å²) < 4.78 is 31.9. The van der Waals surface area contributed by atoms with E-state index in [9.17, 15) is 5.11 Å². The summed E-state index contributed by atoms with van der Waals surface area (Å²) in [7, 11) is 0. The van der Waals surface area contributed by atoms with E-state index in [2.05, 4.69) is 0 Å². The molecule has 0 amide bonds. The molecule has 0 aliphatic rings. The number of unbranched alkanes of at least 4 members (excludes halogenated alkanes) is 7. The third kappa shape index (κ3) is 14.0. The van der Waals surface area contributed by atoms with Gasteiger partial charge in [0.2, 0.25) is 0 Å². The van der Waals surface area contributed by atoms with Gasteiger partial charge in [0, 0.05) is 12.1 Å². The van der Waals surface area contributed by atoms with E-state index in [0.717, 1.165) is 51.4 Å². The van der Waals surface area contributed by atoms with Crippen LogP contribution in [0.4, 0.5) is 0 Å². The summed E-state index contributed by atoms with van der Waals surface area (Å²) in [5.41, 5.74) is 0. The molecule has 2 nitrogen and oxygen atoms in total. The van der Waals surface area contributed by atoms with E-state index < -0.39 is 18.8 Å². The molecule has 0 aliphatic heterocycles. The molecule has 0 aromatic carbocycles. The number of hydrogen-bond acceptors (Lipinski definition) is 2. The standard InChI is InChI=1S/C16H34O2/c1-2-3-10-13-16(18)14-11-8-6-4-5-7-9-12-15-17/h16-18H,2-15H2,1H3/t16-/m0/s1/i11D2,14D2. The predicted molar refractivity (Wildman–Crippen MR) is 78.8 cm³/mol. The van der Waals surface area contributed by atoms with E-state index in [1.807, 2.05) is 6.92 Å². The van der Waals surface area contributed by atoms with Crippen LogP contribution in [0.15, 0.2) is 0 Å². The molecule has 0 saturated heterocycles. The first-order chi connectivity index (χ1) is 10.3. The van der Waals surface area contributed by atoms with E-state index in [0.29, 0.717) is 12.8 Å². The summed E-state index contributed by atoms with van der Waals surface area (Å²) in [5, 5.41) is 18.7. The Kier molecular flexibility index (Phi) is 9.76. The van der Waals surface area contributed by atoms with Gasteiger partial charge in [-0.05, 0) is 19.2 Å². The smallest absolute Gasteiger partial charge is 0.0540 e. The van der Waals surface area contributed by atoms with Crippen LogP contribution in [-0.4, -0.2) is 22.9 Å². The summed E-state index contributed by atoms with van der Waals surface area (Å²) in [4.78, 5) is 0. The zero-order chi connectivity index (χ0) is 17.1. The Bertz CT molecular complexity index is 273. The number of aliphatic hydroxyl groups is 2. The van der Waals surface area contributed by atoms with Gasteiger partial charge in [-0.15, -0.1) is 0 Å². The average Bonchev–Trinajstić information content (AvgIpc) is 2.46. The minimum Gasteiger partial charge on any atom is -0.396 e. The third-order valence-corrected chi connectivity index (χ3v) is 3.06. The van der Waals surface area contributed by atoms with Crippen molar-refractivity contribution in [2.75, 3.05) is 6.61 Å². The highest BCUT2D eigenvalue weighted by atomic mass is 16.3. The van der Waals surface area contributed by atoms with Gasteiger partial charge in [0.05, 0.1) is 6.10 Å². The molecule has 0 aromatic heterocycles. The van der Waals surface area contributed by atoms with Gasteiger partial charge in [0.1, 0.15) is 0 Å². The lowest BCUT2D eigenvalue weighted by Gasteiger charge is -2.09. The quantitative estimate of drug-likeness (QED) is 0.455. The summed E-state index contributed by atoms with van der Waals surface area (Å²) in [6.07, 6.45) is 3.01. The molecule has 0 radical (unpaired) electrons. The maximum Gasteiger partial charge on any atom is 0.0540 e. The van der Waals surface area contributed by atoms with Gasteiger partial charge in [-0.3, -0.25) is 0 Å². The van der Waals surface area contributed by atoms with Crippen molar-refractivity contribution in [3.05, 3.63) is 0 Å². The highest BCUT2D eigenvalue weighted by Gasteiger charge is 2.02. The molecule has 2 N–H and O–H groups in total. The van der Waals surface area contributed by atoms with Crippen LogP contribution in [0.25, 0.3) is 0 Å². The second-order valence-corrected chi connectivity index (χ2v) is 4.93. The molecule has 0 rings (SSSR count). The normalized spacial score (nSPS) is 17.7. The molecule has 0 fully saturated rings. The molecule has 0 unspecified atom stereocenters. The van der Waals surface area contributed by atoms with E-state index in [1.165, 1.54) is 0 Å². The molecule has 2 heteroatoms. The Morgan fingerprint density at radius 1 is 0.889 bits per heavy atom. The van der Waals surface area contributed by atoms with Crippen molar-refractivity contribution in [2.45, 2.75) is 96.4 Å². The molecular weight excluding hydrogens is 224 g/mol. The molecule has 0 aliphatic carbocycles. The lowest BCUT2D eigenvalue weighted by molar-refractivity contribution is 0.147. The van der Waals surface area contributed by atoms with Crippen LogP contribution in [0.2, 0.25) is 0 Å². The molecule has 1 atom stereocenters. The average molecular weight is 262 g/mol. The van der Waals surface area contributed by atoms with Crippen molar-refractivity contribution in [2.24, 2.45) is 0 Å². The van der Waals surface area contributed by atoms with Gasteiger partial charge in [-0.25, -0.2) is 0 Å². The topological polar surface area (TPSA) is 40.5 Å². The molecule has 18 heavy (non-hydrogen) atoms. The van der Waals surface area contributed by atoms with Crippen LogP contribution in [0, 0.1) is 0 Å². The Morgan fingerprint density at radius 3 is 2.11 bits per heavy atom. The zero-order valence-corrected chi connectivity index (χ0v) is 12.0. The van der Waals surface area contributed by atoms with E-state index in [-0.39, 0.29) is 13.0 Å². The van der Waals surface area contributed by atoms with Crippen LogP contribution in [0.3, 0.4) is 0 Å². The van der Waals surface area contributed by atoms with Crippen molar-refractivity contribution >= 4 is 0 Å². The van der Waals surface area contributed by atoms with Gasteiger partial charge in [-0.2, -0.15) is 0 Å². The lowest BCUT2D eigenvalue weighted by atomic mass is 10.0. The highest BCUT2D eigenvalue weighted by Crippen LogP contribution is 2.13. The van der Waals surface area contributed by atoms with Gasteiger partial charge in [0.15, 0.2) is 0 Å². The minimum atomic E-state index is -2.20. The summed E-state index contributed by atoms with van der Waals surface area (Å²) in [6.45, 7) is 2.26. The predicted octanol–water partition coefficient (Wildman–Crippen LogP) is 4.43. The monoisotopic (exact) mass is 262 g/mol. The van der Waals surface area contributed by atoms with Crippen molar-refractivity contribution < 1.29 is 15.7 Å². The van der Waals surface area contributed by atoms with Crippen LogP contribution in [0.5, 0.6) is 0 Å². The molecule has 0 heterocycles. The van der Waals surface area contributed by atoms with Crippen LogP contribution in [0.1, 0.15) is 95.8 Å². The van der Waals surface area contributed by atoms with Gasteiger partial charge in [0.25, 0.3) is 0 Å². The fourth-order valence-electron chi connectivity index (χ4n) is 1.88. The largest absolute Gasteiger partial charge is 0.396 e. The fraction of sp³-hybridized carbons (Fsp3) is 1.00. The number of rotatable bonds is 14. The number of aliphatic hydroxyl groups excluding tert-OH is 2. The molecule has 0 spiro atoms. The lowest BCUT2D eigenvalue weighted by Crippen LogP contribution is -2.05. The van der Waals surface area contributed by atoms with E-state index in [4.69, 9.17) is 10.6 Å². The number of hydrogen-bond donors (Lipinski definition) is 2. The second-order valence-electron chi connectivity index (χ2n) is 4.93. The third-order valence-electron chi connectivity index (χ3n) is 3.06. The zero-order valence-electron chi connectivity index (χ0n) is 16.0. The molecule has 0 saturated carbocycles. The molecule has 0 aromatic rings. The van der Waals surface area contributed by atoms with Crippen molar-refractivity contribution in [1.29, 1.82) is 0 Å². The second kappa shape index (κ2) is 15.0. The summed E-state index contributed by atoms with van der Waals surface area (Å²) in [6, 6.07) is 0. The maximum atomic E-state index is 10.0. The minimum absolute atomic E-state index is 0.144. The first kappa shape index (κ1) is 11.7. The van der Waals surface area contributed by atoms with Gasteiger partial charge < -0.3 is 10.2 Å². The maximum absolute atomic E-state index is 10.0. The SMILES string of the molecule is [2H]C([2H])(CCCCCCCCO)C([2H])([2H])[C@@H](O)CCCCC. The van der Waals surface area contributed by atoms with Crippen molar-refractivity contribution in [3.63, 3.8) is 0 Å². The fourth-order valence-corrected chi connectivity index (χ4v) is 1.88. The van der Waals surface area contributed by atoms with Crippen molar-refractivity contribution in [1.82, 2.24) is 0 Å². The summed E-state index contributed by atoms with van der Waals surface area (Å²) in [5.74, 6) is 0. The van der Waals surface area contributed by atoms with Crippen LogP contribution < -0.4 is 0 Å². The van der Waals surface area contributed by atoms with Crippen molar-refractivity contribution in [3.8, 4) is 0 Å². The Labute approximate surface area is 119 Å². The summed E-state index contributed by atoms with van der Waals surface area (Å²) >= 11 is 0. The first-order valence-corrected chi connectivity index (χ1v) is 7.58. The molecule has 0 bridgehead atoms. The molecule has 110 valence electrons. The van der Waals surface area contributed by atoms with E-state index in [1.54, 1.807) is 0 Å². The molecular formula is C16H34O2. The highest BCUT2D eigenvalue weighted by molar-refractivity contribution is 4.56.